The second kappa shape index (κ2) is 5.00. The molecular formula is C11H11N3O4S2. The van der Waals surface area contributed by atoms with Gasteiger partial charge in [0.15, 0.2) is 0 Å². The minimum absolute atomic E-state index is 0.148. The fraction of sp³-hybridized carbons (Fsp3) is 0.273. The molecule has 1 fully saturated rings. The van der Waals surface area contributed by atoms with Gasteiger partial charge in [-0.15, -0.1) is 11.3 Å². The Morgan fingerprint density at radius 2 is 2.25 bits per heavy atom. The lowest BCUT2D eigenvalue weighted by Crippen LogP contribution is -2.39. The van der Waals surface area contributed by atoms with E-state index in [1.54, 1.807) is 12.1 Å². The van der Waals surface area contributed by atoms with Gasteiger partial charge < -0.3 is 9.84 Å². The van der Waals surface area contributed by atoms with Crippen LogP contribution in [0.15, 0.2) is 33.2 Å². The summed E-state index contributed by atoms with van der Waals surface area (Å²) < 4.78 is 31.7. The average molecular weight is 313 g/mol. The third-order valence-electron chi connectivity index (χ3n) is 2.88. The predicted molar refractivity (Wildman–Crippen MR) is 71.6 cm³/mol. The van der Waals surface area contributed by atoms with E-state index in [0.717, 1.165) is 11.3 Å². The highest BCUT2D eigenvalue weighted by atomic mass is 32.2. The van der Waals surface area contributed by atoms with Gasteiger partial charge in [-0.2, -0.15) is 4.72 Å². The number of thiophene rings is 1. The summed E-state index contributed by atoms with van der Waals surface area (Å²) >= 11 is 1.08. The molecule has 0 aromatic carbocycles. The molecule has 0 radical (unpaired) electrons. The van der Waals surface area contributed by atoms with Crippen molar-refractivity contribution < 1.29 is 17.7 Å². The molecule has 1 atom stereocenters. The number of hydrogen-bond donors (Lipinski definition) is 2. The number of nitrogens with one attached hydrogen (secondary N) is 2. The second-order valence-electron chi connectivity index (χ2n) is 4.26. The largest absolute Gasteiger partial charge is 0.364 e. The quantitative estimate of drug-likeness (QED) is 0.859. The van der Waals surface area contributed by atoms with Gasteiger partial charge in [-0.25, -0.2) is 8.42 Å². The van der Waals surface area contributed by atoms with E-state index < -0.39 is 16.1 Å². The predicted octanol–water partition coefficient (Wildman–Crippen LogP) is 0.570. The summed E-state index contributed by atoms with van der Waals surface area (Å²) in [6.45, 7) is 0.487. The van der Waals surface area contributed by atoms with Crippen LogP contribution in [-0.4, -0.2) is 32.1 Å². The van der Waals surface area contributed by atoms with Crippen molar-refractivity contribution in [2.45, 2.75) is 16.7 Å². The van der Waals surface area contributed by atoms with Crippen molar-refractivity contribution in [2.24, 2.45) is 0 Å². The number of hydrogen-bond acceptors (Lipinski definition) is 6. The molecule has 106 valence electrons. The summed E-state index contributed by atoms with van der Waals surface area (Å²) in [6.07, 6.45) is 1.88. The maximum Gasteiger partial charge on any atom is 0.250 e. The van der Waals surface area contributed by atoms with E-state index in [-0.39, 0.29) is 10.1 Å². The van der Waals surface area contributed by atoms with Crippen LogP contribution in [0.25, 0.3) is 10.6 Å². The molecule has 2 aromatic heterocycles. The number of aromatic nitrogens is 1. The van der Waals surface area contributed by atoms with Gasteiger partial charge in [0.1, 0.15) is 22.2 Å². The van der Waals surface area contributed by atoms with Crippen LogP contribution in [0.3, 0.4) is 0 Å². The zero-order chi connectivity index (χ0) is 14.2. The minimum atomic E-state index is -3.70. The Balaban J connectivity index is 1.83. The Morgan fingerprint density at radius 3 is 2.90 bits per heavy atom. The average Bonchev–Trinajstić information content (AvgIpc) is 3.10. The van der Waals surface area contributed by atoms with Crippen molar-refractivity contribution in [2.75, 3.05) is 6.54 Å². The summed E-state index contributed by atoms with van der Waals surface area (Å²) in [4.78, 5) is 12.1. The van der Waals surface area contributed by atoms with Crippen LogP contribution >= 0.6 is 11.3 Å². The molecule has 1 amide bonds. The summed E-state index contributed by atoms with van der Waals surface area (Å²) in [5.41, 5.74) is 0.579. The van der Waals surface area contributed by atoms with Crippen molar-refractivity contribution in [3.63, 3.8) is 0 Å². The molecule has 0 unspecified atom stereocenters. The van der Waals surface area contributed by atoms with Crippen LogP contribution in [0, 0.1) is 0 Å². The standard InChI is InChI=1S/C11H11N3O4S2/c15-11-8(3-5-12-11)14-20(16,17)10-2-1-9(19-10)7-4-6-18-13-7/h1-2,4,6,8,14H,3,5H2,(H,12,15)/t8-/m0/s1. The first kappa shape index (κ1) is 13.3. The molecule has 2 aromatic rings. The summed E-state index contributed by atoms with van der Waals surface area (Å²) in [5.74, 6) is -0.290. The van der Waals surface area contributed by atoms with E-state index in [4.69, 9.17) is 4.52 Å². The zero-order valence-corrected chi connectivity index (χ0v) is 11.8. The first-order valence-corrected chi connectivity index (χ1v) is 8.17. The van der Waals surface area contributed by atoms with E-state index in [0.29, 0.717) is 23.5 Å². The summed E-state index contributed by atoms with van der Waals surface area (Å²) in [5, 5.41) is 6.34. The van der Waals surface area contributed by atoms with E-state index in [1.807, 2.05) is 0 Å². The number of sulfonamides is 1. The fourth-order valence-corrected chi connectivity index (χ4v) is 4.41. The minimum Gasteiger partial charge on any atom is -0.364 e. The van der Waals surface area contributed by atoms with Gasteiger partial charge in [0, 0.05) is 12.6 Å². The number of amides is 1. The van der Waals surface area contributed by atoms with Crippen LogP contribution in [0.1, 0.15) is 6.42 Å². The van der Waals surface area contributed by atoms with Crippen molar-refractivity contribution in [1.82, 2.24) is 15.2 Å². The van der Waals surface area contributed by atoms with Crippen molar-refractivity contribution in [3.05, 3.63) is 24.5 Å². The molecule has 0 saturated carbocycles. The van der Waals surface area contributed by atoms with Gasteiger partial charge in [0.25, 0.3) is 10.0 Å². The van der Waals surface area contributed by atoms with Gasteiger partial charge in [-0.05, 0) is 18.6 Å². The molecule has 0 bridgehead atoms. The molecule has 3 rings (SSSR count). The third-order valence-corrected chi connectivity index (χ3v) is 5.95. The lowest BCUT2D eigenvalue weighted by Gasteiger charge is -2.08. The molecule has 3 heterocycles. The van der Waals surface area contributed by atoms with Gasteiger partial charge in [-0.3, -0.25) is 4.79 Å². The van der Waals surface area contributed by atoms with Crippen LogP contribution in [0.5, 0.6) is 0 Å². The Labute approximate surface area is 119 Å². The summed E-state index contributed by atoms with van der Waals surface area (Å²) in [7, 11) is -3.70. The number of rotatable bonds is 4. The zero-order valence-electron chi connectivity index (χ0n) is 10.2. The summed E-state index contributed by atoms with van der Waals surface area (Å²) in [6, 6.07) is 4.10. The Hall–Kier alpha value is -1.71. The fourth-order valence-electron chi connectivity index (χ4n) is 1.89. The molecular weight excluding hydrogens is 302 g/mol. The highest BCUT2D eigenvalue weighted by Crippen LogP contribution is 2.29. The Bertz CT molecular complexity index is 721. The van der Waals surface area contributed by atoms with E-state index in [1.165, 1.54) is 12.3 Å². The Morgan fingerprint density at radius 1 is 1.40 bits per heavy atom. The lowest BCUT2D eigenvalue weighted by atomic mass is 10.3. The van der Waals surface area contributed by atoms with E-state index >= 15 is 0 Å². The van der Waals surface area contributed by atoms with Crippen LogP contribution in [0.4, 0.5) is 0 Å². The molecule has 1 aliphatic heterocycles. The van der Waals surface area contributed by atoms with Crippen LogP contribution in [0.2, 0.25) is 0 Å². The van der Waals surface area contributed by atoms with Crippen molar-refractivity contribution in [3.8, 4) is 10.6 Å². The SMILES string of the molecule is O=C1NCC[C@@H]1NS(=O)(=O)c1ccc(-c2ccon2)s1. The van der Waals surface area contributed by atoms with Crippen molar-refractivity contribution >= 4 is 27.3 Å². The first-order valence-electron chi connectivity index (χ1n) is 5.87. The number of carbonyl (C=O) groups excluding carboxylic acids is 1. The molecule has 9 heteroatoms. The maximum atomic E-state index is 12.2. The lowest BCUT2D eigenvalue weighted by molar-refractivity contribution is -0.120. The number of nitrogens with zero attached hydrogens (tertiary/aromatic N) is 1. The maximum absolute atomic E-state index is 12.2. The molecule has 20 heavy (non-hydrogen) atoms. The van der Waals surface area contributed by atoms with E-state index in [9.17, 15) is 13.2 Å². The number of carbonyl (C=O) groups is 1. The molecule has 1 saturated heterocycles. The Kier molecular flexibility index (Phi) is 3.32. The monoisotopic (exact) mass is 313 g/mol. The van der Waals surface area contributed by atoms with E-state index in [2.05, 4.69) is 15.2 Å². The van der Waals surface area contributed by atoms with Crippen LogP contribution in [-0.2, 0) is 14.8 Å². The topological polar surface area (TPSA) is 101 Å². The normalized spacial score (nSPS) is 19.2. The molecule has 7 nitrogen and oxygen atoms in total. The molecule has 1 aliphatic rings. The van der Waals surface area contributed by atoms with Gasteiger partial charge >= 0.3 is 0 Å². The second-order valence-corrected chi connectivity index (χ2v) is 7.28. The highest BCUT2D eigenvalue weighted by Gasteiger charge is 2.30. The van der Waals surface area contributed by atoms with Gasteiger partial charge in [0.05, 0.1) is 4.88 Å². The highest BCUT2D eigenvalue weighted by molar-refractivity contribution is 7.91. The van der Waals surface area contributed by atoms with Crippen molar-refractivity contribution in [1.29, 1.82) is 0 Å². The van der Waals surface area contributed by atoms with Crippen LogP contribution < -0.4 is 10.0 Å². The van der Waals surface area contributed by atoms with Gasteiger partial charge in [0.2, 0.25) is 5.91 Å². The smallest absolute Gasteiger partial charge is 0.250 e. The first-order chi connectivity index (χ1) is 9.56. The molecule has 0 aliphatic carbocycles. The molecule has 0 spiro atoms. The van der Waals surface area contributed by atoms with Gasteiger partial charge in [-0.1, -0.05) is 5.16 Å². The molecule has 2 N–H and O–H groups in total. The third kappa shape index (κ3) is 2.47.